The number of rotatable bonds is 11. The van der Waals surface area contributed by atoms with E-state index in [9.17, 15) is 33.9 Å². The van der Waals surface area contributed by atoms with Crippen LogP contribution in [0, 0.1) is 56.7 Å². The van der Waals surface area contributed by atoms with Crippen LogP contribution in [0.5, 0.6) is 0 Å². The molecule has 0 saturated heterocycles. The third kappa shape index (κ3) is 6.51. The summed E-state index contributed by atoms with van der Waals surface area (Å²) in [6, 6.07) is 0. The maximum atomic E-state index is 13.5. The molecular formula is C47H63NO11. The first-order valence-corrected chi connectivity index (χ1v) is 21.6. The Hall–Kier alpha value is -4.22. The Morgan fingerprint density at radius 2 is 1.58 bits per heavy atom. The molecule has 5 fully saturated rings. The molecule has 1 heterocycles. The maximum Gasteiger partial charge on any atom is 0.309 e. The molecule has 322 valence electrons. The third-order valence-corrected chi connectivity index (χ3v) is 17.4. The normalized spacial score (nSPS) is 38.3. The van der Waals surface area contributed by atoms with Crippen LogP contribution >= 0.6 is 0 Å². The van der Waals surface area contributed by atoms with Gasteiger partial charge in [0.05, 0.1) is 30.9 Å². The summed E-state index contributed by atoms with van der Waals surface area (Å²) in [7, 11) is 2.94. The highest BCUT2D eigenvalue weighted by Gasteiger charge is 2.72. The largest absolute Gasteiger partial charge is 0.492 e. The van der Waals surface area contributed by atoms with Crippen LogP contribution in [0.4, 0.5) is 0 Å². The highest BCUT2D eigenvalue weighted by molar-refractivity contribution is 6.23. The number of aromatic nitrogens is 1. The van der Waals surface area contributed by atoms with Gasteiger partial charge in [-0.25, -0.2) is 0 Å². The Balaban J connectivity index is 1.05. The zero-order valence-corrected chi connectivity index (χ0v) is 36.2. The predicted molar refractivity (Wildman–Crippen MR) is 216 cm³/mol. The maximum absolute atomic E-state index is 13.5. The molecule has 12 heteroatoms. The number of fused-ring (bicyclic) bond motifs is 8. The number of esters is 3. The van der Waals surface area contributed by atoms with Crippen molar-refractivity contribution in [1.29, 1.82) is 0 Å². The van der Waals surface area contributed by atoms with Gasteiger partial charge in [0.2, 0.25) is 11.6 Å². The summed E-state index contributed by atoms with van der Waals surface area (Å²) in [4.78, 5) is 77.5. The highest BCUT2D eigenvalue weighted by atomic mass is 16.6. The molecule has 6 aliphatic carbocycles. The van der Waals surface area contributed by atoms with Crippen LogP contribution in [0.25, 0.3) is 0 Å². The van der Waals surface area contributed by atoms with Gasteiger partial charge in [-0.3, -0.25) is 28.8 Å². The number of carboxylic acid groups (broad SMARTS) is 1. The van der Waals surface area contributed by atoms with E-state index in [1.165, 1.54) is 18.6 Å². The summed E-state index contributed by atoms with van der Waals surface area (Å²) in [5.41, 5.74) is 0.205. The second-order valence-corrected chi connectivity index (χ2v) is 20.0. The van der Waals surface area contributed by atoms with Crippen molar-refractivity contribution in [2.45, 2.75) is 131 Å². The number of ether oxygens (including phenoxy) is 4. The molecule has 7 rings (SSSR count). The Morgan fingerprint density at radius 1 is 0.864 bits per heavy atom. The number of nitrogens with zero attached hydrogens (tertiary/aromatic N) is 1. The van der Waals surface area contributed by atoms with Gasteiger partial charge in [0.1, 0.15) is 25.0 Å². The number of carboxylic acids is 1. The van der Waals surface area contributed by atoms with Gasteiger partial charge in [-0.15, -0.1) is 0 Å². The second kappa shape index (κ2) is 15.0. The lowest BCUT2D eigenvalue weighted by Gasteiger charge is -2.72. The molecule has 5 saturated carbocycles. The molecule has 1 aromatic rings. The average molecular weight is 818 g/mol. The summed E-state index contributed by atoms with van der Waals surface area (Å²) < 4.78 is 24.1. The number of aliphatic carboxylic acids is 1. The Bertz CT molecular complexity index is 2010. The van der Waals surface area contributed by atoms with Crippen LogP contribution < -0.4 is 0 Å². The van der Waals surface area contributed by atoms with Crippen molar-refractivity contribution >= 4 is 35.4 Å². The molecule has 12 nitrogen and oxygen atoms in total. The smallest absolute Gasteiger partial charge is 0.309 e. The molecule has 0 aliphatic heterocycles. The summed E-state index contributed by atoms with van der Waals surface area (Å²) >= 11 is 0. The molecule has 0 spiro atoms. The number of hydrogen-bond donors (Lipinski definition) is 1. The summed E-state index contributed by atoms with van der Waals surface area (Å²) in [5, 5.41) is 10.7. The van der Waals surface area contributed by atoms with E-state index in [0.29, 0.717) is 30.2 Å². The number of Topliss-reactive ketones (excluding diaryl/α,β-unsaturated/α-hetero) is 1. The average Bonchev–Trinajstić information content (AvgIpc) is 3.74. The topological polar surface area (TPSA) is 164 Å². The minimum Gasteiger partial charge on any atom is -0.492 e. The number of aryl methyl sites for hydroxylation is 1. The zero-order chi connectivity index (χ0) is 43.0. The molecule has 1 aromatic heterocycles. The minimum absolute atomic E-state index is 0.0368. The fourth-order valence-corrected chi connectivity index (χ4v) is 14.5. The molecule has 0 amide bonds. The van der Waals surface area contributed by atoms with Crippen molar-refractivity contribution in [3.05, 3.63) is 47.0 Å². The first-order valence-electron chi connectivity index (χ1n) is 21.6. The Morgan fingerprint density at radius 3 is 2.24 bits per heavy atom. The Kier molecular flexibility index (Phi) is 10.9. The number of allylic oxidation sites excluding steroid dienone is 3. The number of hydrogen-bond acceptors (Lipinski definition) is 10. The minimum atomic E-state index is -0.685. The zero-order valence-electron chi connectivity index (χ0n) is 36.2. The summed E-state index contributed by atoms with van der Waals surface area (Å²) in [6.07, 6.45) is 10.1. The van der Waals surface area contributed by atoms with Gasteiger partial charge in [0.25, 0.3) is 0 Å². The second-order valence-electron chi connectivity index (χ2n) is 20.0. The first-order chi connectivity index (χ1) is 27.7. The number of methoxy groups -OCH3 is 1. The molecule has 11 atom stereocenters. The molecule has 0 aromatic carbocycles. The van der Waals surface area contributed by atoms with E-state index >= 15 is 0 Å². The lowest BCUT2D eigenvalue weighted by molar-refractivity contribution is -0.257. The summed E-state index contributed by atoms with van der Waals surface area (Å²) in [6.45, 7) is 17.1. The SMILES string of the molecule is C=C(C)[C@@H]1CC[C@]2(C(=O)O)CC[C@]3(C)[C@H](CC[C@@H]4[C@@]5(C)CC[C@H](OC(=O)CCC(=O)OCc6cn(C)c7c6C(=O)C(OC)=CC7=O)[C@@](C)(COC(C)=O)[C@@H]5CC[C@]43C)[C@@H]12. The van der Waals surface area contributed by atoms with E-state index in [0.717, 1.165) is 63.0 Å². The van der Waals surface area contributed by atoms with Crippen LogP contribution in [0.1, 0.15) is 145 Å². The van der Waals surface area contributed by atoms with E-state index in [-0.39, 0.29) is 82.9 Å². The van der Waals surface area contributed by atoms with Gasteiger partial charge in [0.15, 0.2) is 5.76 Å². The van der Waals surface area contributed by atoms with Crippen LogP contribution in [-0.2, 0) is 51.8 Å². The number of ketones is 2. The molecular weight excluding hydrogens is 755 g/mol. The van der Waals surface area contributed by atoms with Crippen LogP contribution in [-0.4, -0.2) is 64.9 Å². The first kappa shape index (κ1) is 42.9. The number of carbonyl (C=O) groups excluding carboxylic acids is 5. The third-order valence-electron chi connectivity index (χ3n) is 17.4. The van der Waals surface area contributed by atoms with E-state index in [1.54, 1.807) is 13.2 Å². The molecule has 0 bridgehead atoms. The molecule has 1 N–H and O–H groups in total. The summed E-state index contributed by atoms with van der Waals surface area (Å²) in [5.74, 6) is -2.14. The van der Waals surface area contributed by atoms with Crippen molar-refractivity contribution < 1.29 is 52.8 Å². The van der Waals surface area contributed by atoms with E-state index in [2.05, 4.69) is 41.2 Å². The van der Waals surface area contributed by atoms with E-state index < -0.39 is 46.6 Å². The standard InChI is InChI=1S/C47H63NO11/c1-26(2)29-14-19-47(42(54)55)21-20-45(6)30(39(29)47)10-11-34-43(4)17-16-35(44(5,25-58-27(3)49)33(43)15-18-46(34,45)7)59-37(52)13-12-36(51)57-24-28-23-48(8)40-31(50)22-32(56-9)41(53)38(28)40/h22-23,29-30,33-35,39H,1,10-21,24-25H2,2-9H3,(H,54,55)/t29-,30+,33+,34+,35-,39+,43-,44-,45+,46+,47-/m0/s1. The van der Waals surface area contributed by atoms with Crippen molar-refractivity contribution in [3.63, 3.8) is 0 Å². The van der Waals surface area contributed by atoms with Gasteiger partial charge >= 0.3 is 23.9 Å². The molecule has 0 radical (unpaired) electrons. The Labute approximate surface area is 347 Å². The van der Waals surface area contributed by atoms with Crippen molar-refractivity contribution in [3.8, 4) is 0 Å². The number of carbonyl (C=O) groups is 6. The molecule has 6 aliphatic rings. The molecule has 0 unspecified atom stereocenters. The highest BCUT2D eigenvalue weighted by Crippen LogP contribution is 2.77. The van der Waals surface area contributed by atoms with Crippen molar-refractivity contribution in [1.82, 2.24) is 4.57 Å². The van der Waals surface area contributed by atoms with Crippen molar-refractivity contribution in [2.75, 3.05) is 13.7 Å². The van der Waals surface area contributed by atoms with E-state index in [1.807, 2.05) is 0 Å². The quantitative estimate of drug-likeness (QED) is 0.131. The van der Waals surface area contributed by atoms with Crippen molar-refractivity contribution in [2.24, 2.45) is 63.7 Å². The van der Waals surface area contributed by atoms with E-state index in [4.69, 9.17) is 18.9 Å². The van der Waals surface area contributed by atoms with Gasteiger partial charge in [-0.2, -0.15) is 0 Å². The fraction of sp³-hybridized carbons (Fsp3) is 0.702. The van der Waals surface area contributed by atoms with Crippen LogP contribution in [0.15, 0.2) is 30.2 Å². The van der Waals surface area contributed by atoms with Crippen LogP contribution in [0.3, 0.4) is 0 Å². The predicted octanol–water partition coefficient (Wildman–Crippen LogP) is 7.96. The lowest BCUT2D eigenvalue weighted by atomic mass is 9.32. The lowest BCUT2D eigenvalue weighted by Crippen LogP contribution is -2.68. The van der Waals surface area contributed by atoms with Crippen LogP contribution in [0.2, 0.25) is 0 Å². The molecule has 59 heavy (non-hydrogen) atoms. The van der Waals surface area contributed by atoms with Gasteiger partial charge in [0, 0.05) is 37.2 Å². The monoisotopic (exact) mass is 817 g/mol. The van der Waals surface area contributed by atoms with Gasteiger partial charge in [-0.05, 0) is 117 Å². The van der Waals surface area contributed by atoms with Gasteiger partial charge in [-0.1, -0.05) is 39.8 Å². The van der Waals surface area contributed by atoms with Gasteiger partial charge < -0.3 is 28.6 Å². The fourth-order valence-electron chi connectivity index (χ4n) is 14.5.